The van der Waals surface area contributed by atoms with Crippen LogP contribution in [0.4, 0.5) is 0 Å². The molecule has 20 heavy (non-hydrogen) atoms. The number of hydrogen-bond donors (Lipinski definition) is 2. The van der Waals surface area contributed by atoms with Crippen molar-refractivity contribution < 1.29 is 14.7 Å². The molecular formula is C15H14N2O3. The first-order valence-electron chi connectivity index (χ1n) is 6.54. The number of aliphatic carboxylic acids is 1. The molecule has 0 spiro atoms. The minimum atomic E-state index is -0.985. The number of carboxylic acids is 1. The first-order valence-corrected chi connectivity index (χ1v) is 6.54. The van der Waals surface area contributed by atoms with Gasteiger partial charge in [-0.3, -0.25) is 4.79 Å². The van der Waals surface area contributed by atoms with Gasteiger partial charge in [0.25, 0.3) is 5.91 Å². The van der Waals surface area contributed by atoms with E-state index in [2.05, 4.69) is 10.3 Å². The number of amides is 1. The molecule has 1 amide bonds. The molecule has 1 heterocycles. The SMILES string of the molecule is O=C(NC(C(=O)O)C1CC1)c1ccc2ccccc2n1. The van der Waals surface area contributed by atoms with Gasteiger partial charge in [0.2, 0.25) is 0 Å². The molecule has 0 aliphatic heterocycles. The number of aromatic nitrogens is 1. The van der Waals surface area contributed by atoms with Crippen LogP contribution < -0.4 is 5.32 Å². The maximum atomic E-state index is 12.1. The highest BCUT2D eigenvalue weighted by Crippen LogP contribution is 2.32. The third kappa shape index (κ3) is 2.47. The predicted molar refractivity (Wildman–Crippen MR) is 73.4 cm³/mol. The first-order chi connectivity index (χ1) is 9.65. The van der Waals surface area contributed by atoms with Crippen LogP contribution in [0.5, 0.6) is 0 Å². The van der Waals surface area contributed by atoms with Gasteiger partial charge in [0.15, 0.2) is 0 Å². The molecule has 5 heteroatoms. The number of nitrogens with one attached hydrogen (secondary N) is 1. The molecule has 0 radical (unpaired) electrons. The minimum absolute atomic E-state index is 0.0527. The maximum absolute atomic E-state index is 12.1. The Kier molecular flexibility index (Phi) is 3.10. The van der Waals surface area contributed by atoms with Gasteiger partial charge in [-0.1, -0.05) is 24.3 Å². The lowest BCUT2D eigenvalue weighted by atomic mass is 10.1. The normalized spacial score (nSPS) is 15.8. The summed E-state index contributed by atoms with van der Waals surface area (Å²) in [7, 11) is 0. The van der Waals surface area contributed by atoms with Gasteiger partial charge in [0, 0.05) is 5.39 Å². The molecule has 2 N–H and O–H groups in total. The van der Waals surface area contributed by atoms with E-state index in [9.17, 15) is 9.59 Å². The van der Waals surface area contributed by atoms with Crippen LogP contribution in [0.1, 0.15) is 23.3 Å². The summed E-state index contributed by atoms with van der Waals surface area (Å²) in [5.41, 5.74) is 0.967. The van der Waals surface area contributed by atoms with Crippen molar-refractivity contribution in [3.63, 3.8) is 0 Å². The van der Waals surface area contributed by atoms with Crippen molar-refractivity contribution in [2.75, 3.05) is 0 Å². The third-order valence-corrected chi connectivity index (χ3v) is 3.48. The number of pyridine rings is 1. The van der Waals surface area contributed by atoms with Gasteiger partial charge < -0.3 is 10.4 Å². The maximum Gasteiger partial charge on any atom is 0.326 e. The van der Waals surface area contributed by atoms with Crippen molar-refractivity contribution in [2.45, 2.75) is 18.9 Å². The largest absolute Gasteiger partial charge is 0.480 e. The number of hydrogen-bond acceptors (Lipinski definition) is 3. The number of benzene rings is 1. The van der Waals surface area contributed by atoms with E-state index in [1.54, 1.807) is 6.07 Å². The van der Waals surface area contributed by atoms with Crippen molar-refractivity contribution >= 4 is 22.8 Å². The van der Waals surface area contributed by atoms with E-state index in [4.69, 9.17) is 5.11 Å². The Morgan fingerprint density at radius 1 is 1.20 bits per heavy atom. The van der Waals surface area contributed by atoms with Gasteiger partial charge in [-0.05, 0) is 30.9 Å². The van der Waals surface area contributed by atoms with E-state index in [0.29, 0.717) is 0 Å². The topological polar surface area (TPSA) is 79.3 Å². The third-order valence-electron chi connectivity index (χ3n) is 3.48. The average Bonchev–Trinajstić information content (AvgIpc) is 3.28. The van der Waals surface area contributed by atoms with Crippen LogP contribution in [0.25, 0.3) is 10.9 Å². The molecular weight excluding hydrogens is 256 g/mol. The van der Waals surface area contributed by atoms with Gasteiger partial charge in [0.05, 0.1) is 5.52 Å². The summed E-state index contributed by atoms with van der Waals surface area (Å²) in [5.74, 6) is -1.37. The molecule has 1 saturated carbocycles. The zero-order chi connectivity index (χ0) is 14.1. The molecule has 3 rings (SSSR count). The molecule has 1 aliphatic rings. The van der Waals surface area contributed by atoms with E-state index in [0.717, 1.165) is 23.7 Å². The lowest BCUT2D eigenvalue weighted by Crippen LogP contribution is -2.42. The molecule has 102 valence electrons. The summed E-state index contributed by atoms with van der Waals surface area (Å²) in [6, 6.07) is 10.1. The van der Waals surface area contributed by atoms with Crippen molar-refractivity contribution in [3.8, 4) is 0 Å². The Bertz CT molecular complexity index is 680. The van der Waals surface area contributed by atoms with E-state index in [1.807, 2.05) is 30.3 Å². The highest BCUT2D eigenvalue weighted by molar-refractivity contribution is 5.97. The molecule has 5 nitrogen and oxygen atoms in total. The van der Waals surface area contributed by atoms with Crippen molar-refractivity contribution in [2.24, 2.45) is 5.92 Å². The van der Waals surface area contributed by atoms with Gasteiger partial charge in [0.1, 0.15) is 11.7 Å². The number of carboxylic acid groups (broad SMARTS) is 1. The monoisotopic (exact) mass is 270 g/mol. The summed E-state index contributed by atoms with van der Waals surface area (Å²) in [5, 5.41) is 12.6. The van der Waals surface area contributed by atoms with Crippen molar-refractivity contribution in [1.29, 1.82) is 0 Å². The Balaban J connectivity index is 1.82. The number of para-hydroxylation sites is 1. The fourth-order valence-corrected chi connectivity index (χ4v) is 2.22. The second-order valence-electron chi connectivity index (χ2n) is 5.02. The lowest BCUT2D eigenvalue weighted by molar-refractivity contribution is -0.139. The lowest BCUT2D eigenvalue weighted by Gasteiger charge is -2.13. The predicted octanol–water partition coefficient (Wildman–Crippen LogP) is 1.83. The van der Waals surface area contributed by atoms with E-state index < -0.39 is 17.9 Å². The second kappa shape index (κ2) is 4.92. The van der Waals surface area contributed by atoms with Crippen molar-refractivity contribution in [3.05, 3.63) is 42.1 Å². The number of rotatable bonds is 4. The van der Waals surface area contributed by atoms with Crippen LogP contribution in [0.15, 0.2) is 36.4 Å². The Morgan fingerprint density at radius 2 is 1.95 bits per heavy atom. The summed E-state index contributed by atoms with van der Waals surface area (Å²) >= 11 is 0. The Morgan fingerprint density at radius 3 is 2.65 bits per heavy atom. The molecule has 2 aromatic rings. The molecule has 1 unspecified atom stereocenters. The van der Waals surface area contributed by atoms with E-state index in [-0.39, 0.29) is 11.6 Å². The number of fused-ring (bicyclic) bond motifs is 1. The molecule has 1 aromatic carbocycles. The molecule has 0 saturated heterocycles. The zero-order valence-electron chi connectivity index (χ0n) is 10.7. The molecule has 1 fully saturated rings. The first kappa shape index (κ1) is 12.6. The fraction of sp³-hybridized carbons (Fsp3) is 0.267. The quantitative estimate of drug-likeness (QED) is 0.888. The Hall–Kier alpha value is -2.43. The number of carbonyl (C=O) groups excluding carboxylic acids is 1. The highest BCUT2D eigenvalue weighted by Gasteiger charge is 2.37. The van der Waals surface area contributed by atoms with E-state index >= 15 is 0 Å². The van der Waals surface area contributed by atoms with Crippen LogP contribution in [0, 0.1) is 5.92 Å². The smallest absolute Gasteiger partial charge is 0.326 e. The summed E-state index contributed by atoms with van der Waals surface area (Å²) in [4.78, 5) is 27.5. The molecule has 1 atom stereocenters. The van der Waals surface area contributed by atoms with Gasteiger partial charge in [-0.25, -0.2) is 9.78 Å². The minimum Gasteiger partial charge on any atom is -0.480 e. The number of carbonyl (C=O) groups is 2. The van der Waals surface area contributed by atoms with Crippen LogP contribution in [-0.2, 0) is 4.79 Å². The molecule has 1 aromatic heterocycles. The average molecular weight is 270 g/mol. The van der Waals surface area contributed by atoms with Gasteiger partial charge in [-0.15, -0.1) is 0 Å². The van der Waals surface area contributed by atoms with Crippen molar-refractivity contribution in [1.82, 2.24) is 10.3 Å². The summed E-state index contributed by atoms with van der Waals surface area (Å²) < 4.78 is 0. The summed E-state index contributed by atoms with van der Waals surface area (Å²) in [6.07, 6.45) is 1.70. The Labute approximate surface area is 115 Å². The standard InChI is InChI=1S/C15H14N2O3/c18-14(17-13(15(19)20)10-5-6-10)12-8-7-9-3-1-2-4-11(9)16-12/h1-4,7-8,10,13H,5-6H2,(H,17,18)(H,19,20). The number of nitrogens with zero attached hydrogens (tertiary/aromatic N) is 1. The summed E-state index contributed by atoms with van der Waals surface area (Å²) in [6.45, 7) is 0. The van der Waals surface area contributed by atoms with Gasteiger partial charge in [-0.2, -0.15) is 0 Å². The van der Waals surface area contributed by atoms with Crippen LogP contribution in [0.2, 0.25) is 0 Å². The molecule has 1 aliphatic carbocycles. The van der Waals surface area contributed by atoms with Gasteiger partial charge >= 0.3 is 5.97 Å². The van der Waals surface area contributed by atoms with Crippen LogP contribution in [0.3, 0.4) is 0 Å². The van der Waals surface area contributed by atoms with Crippen LogP contribution >= 0.6 is 0 Å². The second-order valence-corrected chi connectivity index (χ2v) is 5.02. The fourth-order valence-electron chi connectivity index (χ4n) is 2.22. The molecule has 0 bridgehead atoms. The van der Waals surface area contributed by atoms with E-state index in [1.165, 1.54) is 0 Å². The highest BCUT2D eigenvalue weighted by atomic mass is 16.4. The van der Waals surface area contributed by atoms with Crippen LogP contribution in [-0.4, -0.2) is 28.0 Å². The zero-order valence-corrected chi connectivity index (χ0v) is 10.7.